The van der Waals surface area contributed by atoms with E-state index in [1.165, 1.54) is 0 Å². The van der Waals surface area contributed by atoms with Crippen LogP contribution in [0.3, 0.4) is 0 Å². The lowest BCUT2D eigenvalue weighted by molar-refractivity contribution is -0.0801. The lowest BCUT2D eigenvalue weighted by atomic mass is 10.7. The Hall–Kier alpha value is -0.160. The second-order valence-corrected chi connectivity index (χ2v) is 2.33. The predicted molar refractivity (Wildman–Crippen MR) is 49.8 cm³/mol. The molecule has 0 saturated heterocycles. The molecular weight excluding hydrogens is 172 g/mol. The second-order valence-electron chi connectivity index (χ2n) is 2.33. The fourth-order valence-electron chi connectivity index (χ4n) is 0.701. The van der Waals surface area contributed by atoms with Crippen LogP contribution in [0.1, 0.15) is 13.8 Å². The minimum Gasteiger partial charge on any atom is -0.379 e. The largest absolute Gasteiger partial charge is 0.379 e. The number of hydrogen-bond donors (Lipinski definition) is 0. The first-order valence-corrected chi connectivity index (χ1v) is 4.72. The van der Waals surface area contributed by atoms with Crippen molar-refractivity contribution in [2.75, 3.05) is 46.4 Å². The van der Waals surface area contributed by atoms with E-state index in [-0.39, 0.29) is 0 Å². The SMILES string of the molecule is CCOCCOCOCCOCC. The van der Waals surface area contributed by atoms with Gasteiger partial charge in [0.05, 0.1) is 26.4 Å². The lowest BCUT2D eigenvalue weighted by Crippen LogP contribution is -2.10. The summed E-state index contributed by atoms with van der Waals surface area (Å²) in [6, 6.07) is 0. The molecular formula is C9H20O4. The second kappa shape index (κ2) is 11.8. The molecule has 0 aromatic rings. The fraction of sp³-hybridized carbons (Fsp3) is 1.00. The Labute approximate surface area is 80.1 Å². The van der Waals surface area contributed by atoms with Gasteiger partial charge in [0.25, 0.3) is 0 Å². The van der Waals surface area contributed by atoms with E-state index in [2.05, 4.69) is 0 Å². The molecule has 0 bridgehead atoms. The van der Waals surface area contributed by atoms with Gasteiger partial charge in [-0.25, -0.2) is 0 Å². The monoisotopic (exact) mass is 192 g/mol. The first-order chi connectivity index (χ1) is 6.41. The third kappa shape index (κ3) is 11.8. The molecule has 0 aliphatic carbocycles. The molecule has 0 N–H and O–H groups in total. The summed E-state index contributed by atoms with van der Waals surface area (Å²) >= 11 is 0. The topological polar surface area (TPSA) is 36.9 Å². The Bertz CT molecular complexity index is 77.7. The molecule has 0 unspecified atom stereocenters. The van der Waals surface area contributed by atoms with Gasteiger partial charge in [0.2, 0.25) is 0 Å². The van der Waals surface area contributed by atoms with E-state index in [1.807, 2.05) is 13.8 Å². The van der Waals surface area contributed by atoms with Crippen molar-refractivity contribution in [3.05, 3.63) is 0 Å². The summed E-state index contributed by atoms with van der Waals surface area (Å²) in [6.45, 7) is 8.13. The van der Waals surface area contributed by atoms with Crippen molar-refractivity contribution in [1.82, 2.24) is 0 Å². The molecule has 0 amide bonds. The van der Waals surface area contributed by atoms with Gasteiger partial charge in [-0.15, -0.1) is 0 Å². The number of hydrogen-bond acceptors (Lipinski definition) is 4. The van der Waals surface area contributed by atoms with Crippen LogP contribution < -0.4 is 0 Å². The van der Waals surface area contributed by atoms with Gasteiger partial charge in [-0.05, 0) is 13.8 Å². The molecule has 0 rings (SSSR count). The molecule has 0 atom stereocenters. The molecule has 0 radical (unpaired) electrons. The quantitative estimate of drug-likeness (QED) is 0.383. The van der Waals surface area contributed by atoms with Crippen LogP contribution in [0, 0.1) is 0 Å². The molecule has 0 heterocycles. The van der Waals surface area contributed by atoms with Crippen LogP contribution in [-0.4, -0.2) is 46.4 Å². The van der Waals surface area contributed by atoms with Gasteiger partial charge in [-0.1, -0.05) is 0 Å². The molecule has 4 nitrogen and oxygen atoms in total. The third-order valence-electron chi connectivity index (χ3n) is 1.32. The first kappa shape index (κ1) is 12.8. The molecule has 0 aromatic heterocycles. The van der Waals surface area contributed by atoms with E-state index in [9.17, 15) is 0 Å². The Balaban J connectivity index is 2.76. The molecule has 0 aromatic carbocycles. The highest BCUT2D eigenvalue weighted by Crippen LogP contribution is 1.81. The van der Waals surface area contributed by atoms with Gasteiger partial charge >= 0.3 is 0 Å². The molecule has 0 aliphatic rings. The summed E-state index contributed by atoms with van der Waals surface area (Å²) in [7, 11) is 0. The maximum Gasteiger partial charge on any atom is 0.146 e. The number of rotatable bonds is 10. The summed E-state index contributed by atoms with van der Waals surface area (Å²) in [6.07, 6.45) is 0. The average Bonchev–Trinajstić information content (AvgIpc) is 2.16. The van der Waals surface area contributed by atoms with Gasteiger partial charge in [-0.3, -0.25) is 0 Å². The maximum absolute atomic E-state index is 5.11. The van der Waals surface area contributed by atoms with Crippen LogP contribution in [0.5, 0.6) is 0 Å². The van der Waals surface area contributed by atoms with E-state index >= 15 is 0 Å². The Morgan fingerprint density at radius 2 is 1.00 bits per heavy atom. The highest BCUT2D eigenvalue weighted by Gasteiger charge is 1.89. The van der Waals surface area contributed by atoms with E-state index < -0.39 is 0 Å². The predicted octanol–water partition coefficient (Wildman–Crippen LogP) is 1.05. The third-order valence-corrected chi connectivity index (χ3v) is 1.32. The summed E-state index contributed by atoms with van der Waals surface area (Å²) in [5, 5.41) is 0. The van der Waals surface area contributed by atoms with Crippen molar-refractivity contribution in [3.63, 3.8) is 0 Å². The van der Waals surface area contributed by atoms with Crippen LogP contribution in [0.2, 0.25) is 0 Å². The van der Waals surface area contributed by atoms with Crippen LogP contribution in [0.4, 0.5) is 0 Å². The van der Waals surface area contributed by atoms with E-state index in [1.54, 1.807) is 0 Å². The molecule has 0 saturated carbocycles. The van der Waals surface area contributed by atoms with Gasteiger partial charge in [0.1, 0.15) is 6.79 Å². The Kier molecular flexibility index (Phi) is 11.7. The molecule has 80 valence electrons. The summed E-state index contributed by atoms with van der Waals surface area (Å²) in [4.78, 5) is 0. The van der Waals surface area contributed by atoms with Crippen molar-refractivity contribution < 1.29 is 18.9 Å². The van der Waals surface area contributed by atoms with Crippen LogP contribution in [-0.2, 0) is 18.9 Å². The molecule has 13 heavy (non-hydrogen) atoms. The Morgan fingerprint density at radius 3 is 1.38 bits per heavy atom. The molecule has 0 aliphatic heterocycles. The highest BCUT2D eigenvalue weighted by atomic mass is 16.7. The maximum atomic E-state index is 5.11. The average molecular weight is 192 g/mol. The highest BCUT2D eigenvalue weighted by molar-refractivity contribution is 4.27. The number of ether oxygens (including phenoxy) is 4. The van der Waals surface area contributed by atoms with Crippen molar-refractivity contribution in [1.29, 1.82) is 0 Å². The summed E-state index contributed by atoms with van der Waals surface area (Å²) in [5.41, 5.74) is 0. The lowest BCUT2D eigenvalue weighted by Gasteiger charge is -2.05. The standard InChI is InChI=1S/C9H20O4/c1-3-10-5-7-12-9-13-8-6-11-4-2/h3-9H2,1-2H3. The van der Waals surface area contributed by atoms with Crippen molar-refractivity contribution in [2.45, 2.75) is 13.8 Å². The van der Waals surface area contributed by atoms with E-state index in [0.717, 1.165) is 13.2 Å². The summed E-state index contributed by atoms with van der Waals surface area (Å²) < 4.78 is 20.4. The van der Waals surface area contributed by atoms with Gasteiger partial charge < -0.3 is 18.9 Å². The fourth-order valence-corrected chi connectivity index (χ4v) is 0.701. The van der Waals surface area contributed by atoms with Crippen molar-refractivity contribution in [2.24, 2.45) is 0 Å². The van der Waals surface area contributed by atoms with Gasteiger partial charge in [-0.2, -0.15) is 0 Å². The van der Waals surface area contributed by atoms with Gasteiger partial charge in [0, 0.05) is 13.2 Å². The molecule has 0 spiro atoms. The minimum absolute atomic E-state index is 0.320. The van der Waals surface area contributed by atoms with Crippen molar-refractivity contribution >= 4 is 0 Å². The zero-order valence-electron chi connectivity index (χ0n) is 8.58. The normalized spacial score (nSPS) is 10.6. The van der Waals surface area contributed by atoms with Crippen LogP contribution >= 0.6 is 0 Å². The van der Waals surface area contributed by atoms with Gasteiger partial charge in [0.15, 0.2) is 0 Å². The van der Waals surface area contributed by atoms with E-state index in [4.69, 9.17) is 18.9 Å². The van der Waals surface area contributed by atoms with Crippen LogP contribution in [0.15, 0.2) is 0 Å². The molecule has 4 heteroatoms. The Morgan fingerprint density at radius 1 is 0.615 bits per heavy atom. The zero-order chi connectivity index (χ0) is 9.78. The van der Waals surface area contributed by atoms with E-state index in [0.29, 0.717) is 33.2 Å². The zero-order valence-corrected chi connectivity index (χ0v) is 8.58. The summed E-state index contributed by atoms with van der Waals surface area (Å²) in [5.74, 6) is 0. The minimum atomic E-state index is 0.320. The van der Waals surface area contributed by atoms with Crippen molar-refractivity contribution in [3.8, 4) is 0 Å². The smallest absolute Gasteiger partial charge is 0.146 e. The van der Waals surface area contributed by atoms with Crippen LogP contribution in [0.25, 0.3) is 0 Å². The first-order valence-electron chi connectivity index (χ1n) is 4.72. The molecule has 0 fully saturated rings.